The number of benzene rings is 2. The van der Waals surface area contributed by atoms with E-state index in [1.165, 1.54) is 11.8 Å². The molecule has 4 fully saturated rings. The van der Waals surface area contributed by atoms with Crippen molar-refractivity contribution in [2.24, 2.45) is 0 Å². The molecule has 9 rings (SSSR count). The molecule has 4 aliphatic heterocycles. The van der Waals surface area contributed by atoms with E-state index in [4.69, 9.17) is 4.74 Å². The van der Waals surface area contributed by atoms with Gasteiger partial charge in [0.2, 0.25) is 17.6 Å². The molecule has 0 radical (unpaired) electrons. The fourth-order valence-electron chi connectivity index (χ4n) is 8.85. The molecular formula is C45H46F3N9O7S. The number of rotatable bonds is 12. The van der Waals surface area contributed by atoms with Crippen LogP contribution in [0.1, 0.15) is 59.5 Å². The van der Waals surface area contributed by atoms with Crippen molar-refractivity contribution < 1.29 is 45.5 Å². The van der Waals surface area contributed by atoms with E-state index in [9.17, 15) is 32.0 Å². The summed E-state index contributed by atoms with van der Waals surface area (Å²) in [5.74, 6) is -2.58. The number of halogens is 3. The fourth-order valence-corrected chi connectivity index (χ4v) is 10.1. The molecule has 4 aliphatic rings. The lowest BCUT2D eigenvalue weighted by molar-refractivity contribution is -0.139. The van der Waals surface area contributed by atoms with E-state index in [0.29, 0.717) is 61.9 Å². The highest BCUT2D eigenvalue weighted by Crippen LogP contribution is 2.32. The second kappa shape index (κ2) is 18.2. The van der Waals surface area contributed by atoms with Crippen molar-refractivity contribution in [2.45, 2.75) is 50.3 Å². The Balaban J connectivity index is 0.772. The smallest absolute Gasteiger partial charge is 0.301 e. The molecule has 0 saturated carbocycles. The number of imide groups is 1. The number of piperidine rings is 2. The number of ether oxygens (including phenoxy) is 1. The maximum Gasteiger partial charge on any atom is 0.301 e. The first-order valence-corrected chi connectivity index (χ1v) is 23.0. The average Bonchev–Trinajstić information content (AvgIpc) is 3.96. The van der Waals surface area contributed by atoms with E-state index in [0.717, 1.165) is 48.2 Å². The quantitative estimate of drug-likeness (QED) is 0.118. The predicted molar refractivity (Wildman–Crippen MR) is 233 cm³/mol. The first-order chi connectivity index (χ1) is 31.3. The molecule has 0 aliphatic carbocycles. The molecule has 4 saturated heterocycles. The molecule has 3 amide bonds. The number of fused-ring (bicyclic) bond motifs is 1. The Hall–Kier alpha value is -6.38. The predicted octanol–water partition coefficient (Wildman–Crippen LogP) is 4.55. The monoisotopic (exact) mass is 913 g/mol. The first kappa shape index (κ1) is 43.9. The lowest BCUT2D eigenvalue weighted by atomic mass is 9.89. The Labute approximate surface area is 372 Å². The van der Waals surface area contributed by atoms with E-state index in [-0.39, 0.29) is 47.8 Å². The van der Waals surface area contributed by atoms with Gasteiger partial charge in [-0.05, 0) is 86.3 Å². The number of carbonyl (C=O) groups is 4. The van der Waals surface area contributed by atoms with E-state index >= 15 is 8.78 Å². The van der Waals surface area contributed by atoms with Gasteiger partial charge in [-0.15, -0.1) is 0 Å². The molecule has 3 N–H and O–H groups in total. The number of likely N-dealkylation sites (tertiary alicyclic amines) is 1. The van der Waals surface area contributed by atoms with Crippen LogP contribution >= 0.6 is 0 Å². The molecule has 20 heteroatoms. The second-order valence-corrected chi connectivity index (χ2v) is 18.4. The highest BCUT2D eigenvalue weighted by Gasteiger charge is 2.34. The number of pyridine rings is 2. The number of piperazine rings is 1. The normalized spacial score (nSPS) is 20.3. The first-order valence-electron chi connectivity index (χ1n) is 21.5. The number of aromatic amines is 1. The number of H-pyrrole nitrogens is 1. The van der Waals surface area contributed by atoms with Crippen LogP contribution in [0.3, 0.4) is 0 Å². The van der Waals surface area contributed by atoms with Crippen LogP contribution in [0, 0.1) is 11.6 Å². The van der Waals surface area contributed by atoms with Gasteiger partial charge in [0.1, 0.15) is 29.2 Å². The number of hydrogen-bond acceptors (Lipinski definition) is 11. The Morgan fingerprint density at radius 3 is 2.31 bits per heavy atom. The van der Waals surface area contributed by atoms with Crippen LogP contribution in [0.15, 0.2) is 73.2 Å². The minimum Gasteiger partial charge on any atom is -0.481 e. The summed E-state index contributed by atoms with van der Waals surface area (Å²) in [6.07, 6.45) is 4.92. The van der Waals surface area contributed by atoms with Crippen LogP contribution < -0.4 is 19.7 Å². The van der Waals surface area contributed by atoms with Gasteiger partial charge in [0.15, 0.2) is 11.9 Å². The number of aromatic nitrogens is 3. The summed E-state index contributed by atoms with van der Waals surface area (Å²) in [5, 5.41) is 2.59. The lowest BCUT2D eigenvalue weighted by Gasteiger charge is -2.37. The highest BCUT2D eigenvalue weighted by molar-refractivity contribution is 7.90. The van der Waals surface area contributed by atoms with Crippen molar-refractivity contribution in [1.82, 2.24) is 34.4 Å². The van der Waals surface area contributed by atoms with Gasteiger partial charge >= 0.3 is 10.2 Å². The third-order valence-electron chi connectivity index (χ3n) is 12.6. The van der Waals surface area contributed by atoms with Crippen LogP contribution in [-0.4, -0.2) is 132 Å². The summed E-state index contributed by atoms with van der Waals surface area (Å²) >= 11 is 0. The second-order valence-electron chi connectivity index (χ2n) is 16.7. The summed E-state index contributed by atoms with van der Waals surface area (Å²) in [4.78, 5) is 68.7. The summed E-state index contributed by atoms with van der Waals surface area (Å²) < 4.78 is 78.8. The van der Waals surface area contributed by atoms with E-state index in [2.05, 4.69) is 30.1 Å². The van der Waals surface area contributed by atoms with Crippen molar-refractivity contribution in [3.05, 3.63) is 102 Å². The summed E-state index contributed by atoms with van der Waals surface area (Å²) in [6.45, 7) is 3.73. The van der Waals surface area contributed by atoms with E-state index in [1.54, 1.807) is 18.5 Å². The van der Waals surface area contributed by atoms with Crippen LogP contribution in [0.5, 0.6) is 5.75 Å². The van der Waals surface area contributed by atoms with Crippen molar-refractivity contribution in [3.63, 3.8) is 0 Å². The number of amides is 3. The molecule has 0 bridgehead atoms. The number of hydrogen-bond donors (Lipinski definition) is 3. The van der Waals surface area contributed by atoms with Crippen molar-refractivity contribution >= 4 is 56.3 Å². The van der Waals surface area contributed by atoms with Crippen molar-refractivity contribution in [1.29, 1.82) is 0 Å². The Bertz CT molecular complexity index is 2740. The topological polar surface area (TPSA) is 190 Å². The Kier molecular flexibility index (Phi) is 12.3. The molecule has 2 aromatic carbocycles. The number of alkyl halides is 1. The van der Waals surface area contributed by atoms with Crippen LogP contribution in [0.25, 0.3) is 22.2 Å². The number of carbonyl (C=O) groups excluding carboxylic acids is 4. The molecule has 3 aromatic heterocycles. The largest absolute Gasteiger partial charge is 0.481 e. The SMILES string of the molecule is O=C1CCC(Oc2ccc(C3CCN(CC(=O)N4CCN(c5ccc(-c6cnc7[nH]cc(C(=O)c8c(F)ccc(NS(=O)(=O)N9CC[C@@H](F)C9)c8F)c7c6)cn5)CC4)CC3)cc2)C(=O)N1. The van der Waals surface area contributed by atoms with Gasteiger partial charge in [-0.25, -0.2) is 23.1 Å². The Morgan fingerprint density at radius 2 is 1.62 bits per heavy atom. The van der Waals surface area contributed by atoms with Crippen molar-refractivity contribution in [2.75, 3.05) is 68.5 Å². The zero-order valence-electron chi connectivity index (χ0n) is 35.1. The third-order valence-corrected chi connectivity index (χ3v) is 14.1. The minimum absolute atomic E-state index is 0.00697. The molecule has 0 spiro atoms. The number of ketones is 1. The van der Waals surface area contributed by atoms with Gasteiger partial charge in [0, 0.05) is 92.8 Å². The summed E-state index contributed by atoms with van der Waals surface area (Å²) in [5.41, 5.74) is 1.02. The number of anilines is 2. The standard InChI is InChI=1S/C45H46F3N9O7S/c46-31-13-16-57(25-31)65(62,63)53-36-7-6-35(47)41(42(36)48)43(60)34-24-51-44-33(34)21-30(23-50-44)29-3-9-38(49-22-29)55-17-19-56(20-18-55)40(59)26-54-14-11-28(12-15-54)27-1-4-32(5-2-27)64-37-8-10-39(58)52-45(37)61/h1-7,9,21-24,28,31,37,53H,8,10-20,25-26H2,(H,50,51)(H,52,58,61)/t31-,37?/m1/s1. The van der Waals surface area contributed by atoms with Gasteiger partial charge in [-0.3, -0.25) is 34.1 Å². The van der Waals surface area contributed by atoms with Crippen LogP contribution in [0.4, 0.5) is 24.7 Å². The van der Waals surface area contributed by atoms with Gasteiger partial charge in [-0.1, -0.05) is 12.1 Å². The van der Waals surface area contributed by atoms with Crippen LogP contribution in [0.2, 0.25) is 0 Å². The average molecular weight is 914 g/mol. The zero-order valence-corrected chi connectivity index (χ0v) is 36.0. The number of nitrogens with zero attached hydrogens (tertiary/aromatic N) is 6. The molecule has 7 heterocycles. The highest BCUT2D eigenvalue weighted by atomic mass is 32.2. The zero-order chi connectivity index (χ0) is 45.4. The van der Waals surface area contributed by atoms with Gasteiger partial charge in [0.05, 0.1) is 17.8 Å². The molecule has 340 valence electrons. The van der Waals surface area contributed by atoms with Crippen LogP contribution in [-0.2, 0) is 24.6 Å². The van der Waals surface area contributed by atoms with Gasteiger partial charge in [0.25, 0.3) is 5.91 Å². The molecule has 2 atom stereocenters. The molecular weight excluding hydrogens is 868 g/mol. The van der Waals surface area contributed by atoms with Gasteiger partial charge in [-0.2, -0.15) is 12.7 Å². The van der Waals surface area contributed by atoms with Gasteiger partial charge < -0.3 is 19.5 Å². The molecule has 1 unspecified atom stereocenters. The molecule has 65 heavy (non-hydrogen) atoms. The fraction of sp³-hybridized carbons (Fsp3) is 0.378. The van der Waals surface area contributed by atoms with Crippen molar-refractivity contribution in [3.8, 4) is 16.9 Å². The third kappa shape index (κ3) is 9.41. The molecule has 5 aromatic rings. The number of nitrogens with one attached hydrogen (secondary N) is 3. The minimum atomic E-state index is -4.37. The Morgan fingerprint density at radius 1 is 0.862 bits per heavy atom. The summed E-state index contributed by atoms with van der Waals surface area (Å²) in [7, 11) is -4.37. The summed E-state index contributed by atoms with van der Waals surface area (Å²) in [6, 6.07) is 14.8. The maximum atomic E-state index is 15.7. The lowest BCUT2D eigenvalue weighted by Crippen LogP contribution is -2.52. The van der Waals surface area contributed by atoms with E-state index < -0.39 is 63.6 Å². The molecule has 16 nitrogen and oxygen atoms in total. The van der Waals surface area contributed by atoms with E-state index in [1.807, 2.05) is 46.0 Å². The maximum absolute atomic E-state index is 15.7.